The van der Waals surface area contributed by atoms with E-state index in [2.05, 4.69) is 31.4 Å². The van der Waals surface area contributed by atoms with Gasteiger partial charge in [-0.2, -0.15) is 5.10 Å². The van der Waals surface area contributed by atoms with Crippen molar-refractivity contribution in [2.75, 3.05) is 12.5 Å². The minimum Gasteiger partial charge on any atom is -0.504 e. The molecule has 0 radical (unpaired) electrons. The maximum Gasteiger partial charge on any atom is 0.287 e. The highest BCUT2D eigenvalue weighted by Gasteiger charge is 2.07. The molecule has 22 heavy (non-hydrogen) atoms. The second-order valence-electron chi connectivity index (χ2n) is 4.07. The molecule has 2 rings (SSSR count). The number of hydrogen-bond donors (Lipinski definition) is 2. The van der Waals surface area contributed by atoms with Crippen molar-refractivity contribution in [1.82, 2.24) is 4.98 Å². The zero-order valence-electron chi connectivity index (χ0n) is 11.4. The number of nitrogens with one attached hydrogen (secondary N) is 1. The lowest BCUT2D eigenvalue weighted by atomic mass is 10.2. The number of methoxy groups -OCH3 is 1. The molecule has 0 unspecified atom stereocenters. The van der Waals surface area contributed by atoms with Gasteiger partial charge in [0.25, 0.3) is 5.69 Å². The number of phenolic OH excluding ortho intramolecular Hbond substituents is 1. The second-order valence-corrected chi connectivity index (χ2v) is 4.93. The minimum absolute atomic E-state index is 0.0107. The zero-order valence-corrected chi connectivity index (χ0v) is 12.9. The third-order valence-electron chi connectivity index (χ3n) is 2.64. The topological polar surface area (TPSA) is 110 Å². The summed E-state index contributed by atoms with van der Waals surface area (Å²) in [7, 11) is 1.45. The number of aromatic nitrogens is 1. The van der Waals surface area contributed by atoms with Crippen LogP contribution in [0.15, 0.2) is 40.0 Å². The first-order valence-corrected chi connectivity index (χ1v) is 6.76. The number of aromatic hydroxyl groups is 1. The average Bonchev–Trinajstić information content (AvgIpc) is 2.50. The number of benzene rings is 1. The van der Waals surface area contributed by atoms with Gasteiger partial charge >= 0.3 is 0 Å². The molecule has 0 fully saturated rings. The van der Waals surface area contributed by atoms with E-state index in [1.54, 1.807) is 6.07 Å². The van der Waals surface area contributed by atoms with Crippen LogP contribution in [-0.2, 0) is 0 Å². The summed E-state index contributed by atoms with van der Waals surface area (Å²) in [6.45, 7) is 0. The van der Waals surface area contributed by atoms with E-state index in [1.807, 2.05) is 0 Å². The molecule has 1 aromatic heterocycles. The van der Waals surface area contributed by atoms with Gasteiger partial charge < -0.3 is 9.84 Å². The fourth-order valence-corrected chi connectivity index (χ4v) is 1.98. The molecule has 0 saturated heterocycles. The van der Waals surface area contributed by atoms with Crippen LogP contribution in [0.3, 0.4) is 0 Å². The Balaban J connectivity index is 2.11. The quantitative estimate of drug-likeness (QED) is 0.478. The van der Waals surface area contributed by atoms with Gasteiger partial charge in [0.1, 0.15) is 12.0 Å². The molecule has 0 bridgehead atoms. The minimum atomic E-state index is -0.528. The number of hydrazone groups is 1. The van der Waals surface area contributed by atoms with E-state index >= 15 is 0 Å². The van der Waals surface area contributed by atoms with Crippen LogP contribution in [0.2, 0.25) is 0 Å². The van der Waals surface area contributed by atoms with Gasteiger partial charge in [-0.05, 0) is 34.1 Å². The third-order valence-corrected chi connectivity index (χ3v) is 3.33. The van der Waals surface area contributed by atoms with Crippen LogP contribution in [0, 0.1) is 10.1 Å². The van der Waals surface area contributed by atoms with Gasteiger partial charge in [-0.1, -0.05) is 0 Å². The smallest absolute Gasteiger partial charge is 0.287 e. The molecule has 0 atom stereocenters. The maximum absolute atomic E-state index is 10.5. The number of nitrogens with zero attached hydrogens (tertiary/aromatic N) is 3. The molecule has 0 saturated carbocycles. The first kappa shape index (κ1) is 15.7. The van der Waals surface area contributed by atoms with Crippen LogP contribution in [0.25, 0.3) is 0 Å². The Morgan fingerprint density at radius 1 is 1.50 bits per heavy atom. The van der Waals surface area contributed by atoms with E-state index in [9.17, 15) is 15.2 Å². The van der Waals surface area contributed by atoms with Gasteiger partial charge in [0.15, 0.2) is 11.5 Å². The average molecular weight is 367 g/mol. The summed E-state index contributed by atoms with van der Waals surface area (Å²) in [5.41, 5.74) is 3.22. The van der Waals surface area contributed by atoms with Crippen LogP contribution in [0.5, 0.6) is 11.5 Å². The molecule has 2 aromatic rings. The number of anilines is 1. The van der Waals surface area contributed by atoms with Crippen LogP contribution >= 0.6 is 15.9 Å². The zero-order chi connectivity index (χ0) is 16.1. The number of phenols is 1. The van der Waals surface area contributed by atoms with Crippen LogP contribution < -0.4 is 10.2 Å². The second kappa shape index (κ2) is 6.85. The van der Waals surface area contributed by atoms with E-state index in [0.29, 0.717) is 21.6 Å². The number of rotatable bonds is 5. The molecular weight excluding hydrogens is 356 g/mol. The molecule has 0 amide bonds. The Bertz CT molecular complexity index is 719. The highest BCUT2D eigenvalue weighted by atomic mass is 79.9. The number of pyridine rings is 1. The van der Waals surface area contributed by atoms with Crippen molar-refractivity contribution in [3.05, 3.63) is 50.6 Å². The van der Waals surface area contributed by atoms with Crippen LogP contribution in [0.4, 0.5) is 11.5 Å². The molecule has 0 aliphatic heterocycles. The van der Waals surface area contributed by atoms with Crippen molar-refractivity contribution in [2.45, 2.75) is 0 Å². The van der Waals surface area contributed by atoms with E-state index in [1.165, 1.54) is 31.5 Å². The SMILES string of the molecule is COc1cc(/C=N\Nc2ccc([N+](=O)[O-])cn2)c(Br)cc1O. The molecule has 114 valence electrons. The molecule has 8 nitrogen and oxygen atoms in total. The van der Waals surface area contributed by atoms with Crippen molar-refractivity contribution in [2.24, 2.45) is 5.10 Å². The van der Waals surface area contributed by atoms with Gasteiger partial charge in [-0.3, -0.25) is 15.5 Å². The predicted molar refractivity (Wildman–Crippen MR) is 84.5 cm³/mol. The predicted octanol–water partition coefficient (Wildman–Crippen LogP) is 2.91. The Morgan fingerprint density at radius 3 is 2.86 bits per heavy atom. The number of halogens is 1. The standard InChI is InChI=1S/C13H11BrN4O4/c1-22-12-4-8(10(14)5-11(12)19)6-16-17-13-3-2-9(7-15-13)18(20)21/h2-7,19H,1H3,(H,15,17)/b16-6-. The third kappa shape index (κ3) is 3.70. The molecule has 1 heterocycles. The number of hydrogen-bond acceptors (Lipinski definition) is 7. The molecule has 9 heteroatoms. The fraction of sp³-hybridized carbons (Fsp3) is 0.0769. The normalized spacial score (nSPS) is 10.6. The summed E-state index contributed by atoms with van der Waals surface area (Å²) >= 11 is 3.30. The Hall–Kier alpha value is -2.68. The molecule has 1 aromatic carbocycles. The van der Waals surface area contributed by atoms with Gasteiger partial charge in [0, 0.05) is 16.1 Å². The van der Waals surface area contributed by atoms with Crippen LogP contribution in [0.1, 0.15) is 5.56 Å². The maximum atomic E-state index is 10.5. The van der Waals surface area contributed by atoms with E-state index < -0.39 is 4.92 Å². The van der Waals surface area contributed by atoms with Gasteiger partial charge in [0.05, 0.1) is 18.2 Å². The summed E-state index contributed by atoms with van der Waals surface area (Å²) in [6.07, 6.45) is 2.63. The lowest BCUT2D eigenvalue weighted by Crippen LogP contribution is -1.96. The van der Waals surface area contributed by atoms with Crippen molar-refractivity contribution >= 4 is 33.6 Å². The summed E-state index contributed by atoms with van der Waals surface area (Å²) in [5, 5.41) is 24.1. The molecular formula is C13H11BrN4O4. The summed E-state index contributed by atoms with van der Waals surface area (Å²) in [5.74, 6) is 0.693. The van der Waals surface area contributed by atoms with Gasteiger partial charge in [-0.25, -0.2) is 4.98 Å². The molecule has 0 spiro atoms. The Morgan fingerprint density at radius 2 is 2.27 bits per heavy atom. The van der Waals surface area contributed by atoms with E-state index in [4.69, 9.17) is 4.74 Å². The number of ether oxygens (including phenoxy) is 1. The Kier molecular flexibility index (Phi) is 4.89. The van der Waals surface area contributed by atoms with Gasteiger partial charge in [-0.15, -0.1) is 0 Å². The van der Waals surface area contributed by atoms with Crippen molar-refractivity contribution in [3.63, 3.8) is 0 Å². The lowest BCUT2D eigenvalue weighted by molar-refractivity contribution is -0.385. The lowest BCUT2D eigenvalue weighted by Gasteiger charge is -2.06. The van der Waals surface area contributed by atoms with Crippen LogP contribution in [-0.4, -0.2) is 28.3 Å². The molecule has 0 aliphatic carbocycles. The highest BCUT2D eigenvalue weighted by Crippen LogP contribution is 2.31. The van der Waals surface area contributed by atoms with E-state index in [-0.39, 0.29) is 11.4 Å². The fourth-order valence-electron chi connectivity index (χ4n) is 1.55. The van der Waals surface area contributed by atoms with Crippen molar-refractivity contribution in [3.8, 4) is 11.5 Å². The van der Waals surface area contributed by atoms with Gasteiger partial charge in [0.2, 0.25) is 0 Å². The van der Waals surface area contributed by atoms with E-state index in [0.717, 1.165) is 6.20 Å². The number of nitro groups is 1. The monoisotopic (exact) mass is 366 g/mol. The Labute approximate surface area is 133 Å². The summed E-state index contributed by atoms with van der Waals surface area (Å²) < 4.78 is 5.64. The summed E-state index contributed by atoms with van der Waals surface area (Å²) in [6, 6.07) is 5.87. The first-order chi connectivity index (χ1) is 10.5. The largest absolute Gasteiger partial charge is 0.504 e. The highest BCUT2D eigenvalue weighted by molar-refractivity contribution is 9.10. The van der Waals surface area contributed by atoms with Crippen molar-refractivity contribution < 1.29 is 14.8 Å². The molecule has 2 N–H and O–H groups in total. The van der Waals surface area contributed by atoms with Crippen molar-refractivity contribution in [1.29, 1.82) is 0 Å². The first-order valence-electron chi connectivity index (χ1n) is 5.97. The molecule has 0 aliphatic rings. The summed E-state index contributed by atoms with van der Waals surface area (Å²) in [4.78, 5) is 13.8.